The van der Waals surface area contributed by atoms with E-state index in [2.05, 4.69) is 6.08 Å². The van der Waals surface area contributed by atoms with Crippen molar-refractivity contribution in [2.24, 2.45) is 11.0 Å². The lowest BCUT2D eigenvalue weighted by atomic mass is 9.77. The van der Waals surface area contributed by atoms with Gasteiger partial charge in [-0.3, -0.25) is 4.79 Å². The number of rotatable bonds is 5. The van der Waals surface area contributed by atoms with Crippen LogP contribution in [0.1, 0.15) is 46.8 Å². The zero-order chi connectivity index (χ0) is 24.4. The number of allylic oxidation sites excluding steroid dienone is 1. The average molecular weight is 487 g/mol. The molecule has 178 valence electrons. The molecule has 2 atom stereocenters. The van der Waals surface area contributed by atoms with E-state index >= 15 is 0 Å². The maximum absolute atomic E-state index is 13.7. The second kappa shape index (κ2) is 9.96. The number of nitrogens with zero attached hydrogens (tertiary/aromatic N) is 2. The van der Waals surface area contributed by atoms with Gasteiger partial charge in [0.2, 0.25) is 0 Å². The molecule has 1 heterocycles. The third-order valence-electron chi connectivity index (χ3n) is 6.73. The molecule has 6 heteroatoms. The van der Waals surface area contributed by atoms with Crippen molar-refractivity contribution in [3.63, 3.8) is 0 Å². The van der Waals surface area contributed by atoms with Crippen LogP contribution < -0.4 is 9.47 Å². The van der Waals surface area contributed by atoms with E-state index in [-0.39, 0.29) is 17.9 Å². The Morgan fingerprint density at radius 1 is 0.971 bits per heavy atom. The van der Waals surface area contributed by atoms with E-state index in [4.69, 9.17) is 26.2 Å². The lowest BCUT2D eigenvalue weighted by Gasteiger charge is -2.30. The third kappa shape index (κ3) is 4.56. The van der Waals surface area contributed by atoms with Crippen LogP contribution in [0.5, 0.6) is 11.5 Å². The molecule has 0 unspecified atom stereocenters. The summed E-state index contributed by atoms with van der Waals surface area (Å²) >= 11 is 6.41. The van der Waals surface area contributed by atoms with Gasteiger partial charge in [0.25, 0.3) is 5.91 Å². The van der Waals surface area contributed by atoms with E-state index < -0.39 is 0 Å². The monoisotopic (exact) mass is 486 g/mol. The van der Waals surface area contributed by atoms with Gasteiger partial charge >= 0.3 is 0 Å². The second-order valence-electron chi connectivity index (χ2n) is 8.77. The molecular formula is C29H27ClN2O3. The van der Waals surface area contributed by atoms with Crippen molar-refractivity contribution in [1.82, 2.24) is 5.01 Å². The standard InChI is InChI=1S/C29H27ClN2O3/c1-34-22-14-10-19(11-15-22)18-21-6-5-8-25-27(21)31-32(29(33)24-7-3-4-9-26(24)30)28(25)20-12-16-23(35-2)17-13-20/h3-4,7,9-18,25,28H,5-6,8H2,1-2H3/b21-18+/t25-,28-/m0/s1. The fourth-order valence-electron chi connectivity index (χ4n) is 4.96. The smallest absolute Gasteiger partial charge is 0.276 e. The molecule has 0 spiro atoms. The minimum absolute atomic E-state index is 0.105. The predicted molar refractivity (Wildman–Crippen MR) is 139 cm³/mol. The van der Waals surface area contributed by atoms with E-state index in [1.807, 2.05) is 60.7 Å². The van der Waals surface area contributed by atoms with Gasteiger partial charge in [-0.1, -0.05) is 48.0 Å². The number of carbonyl (C=O) groups excluding carboxylic acids is 1. The number of methoxy groups -OCH3 is 2. The molecule has 0 saturated heterocycles. The van der Waals surface area contributed by atoms with Crippen molar-refractivity contribution < 1.29 is 14.3 Å². The summed E-state index contributed by atoms with van der Waals surface area (Å²) in [6.07, 6.45) is 5.10. The highest BCUT2D eigenvalue weighted by molar-refractivity contribution is 6.33. The number of amides is 1. The number of ether oxygens (including phenoxy) is 2. The minimum atomic E-state index is -0.209. The molecule has 5 rings (SSSR count). The summed E-state index contributed by atoms with van der Waals surface area (Å²) in [5.74, 6) is 1.51. The van der Waals surface area contributed by atoms with Crippen LogP contribution in [-0.4, -0.2) is 30.8 Å². The number of hydrogen-bond donors (Lipinski definition) is 0. The molecule has 1 aliphatic heterocycles. The molecule has 1 aliphatic carbocycles. The van der Waals surface area contributed by atoms with Crippen LogP contribution in [0, 0.1) is 5.92 Å². The highest BCUT2D eigenvalue weighted by Crippen LogP contribution is 2.45. The van der Waals surface area contributed by atoms with Gasteiger partial charge in [-0.05, 0) is 78.4 Å². The van der Waals surface area contributed by atoms with Crippen LogP contribution in [0.2, 0.25) is 5.02 Å². The maximum atomic E-state index is 13.7. The summed E-state index contributed by atoms with van der Waals surface area (Å²) in [7, 11) is 3.31. The SMILES string of the molecule is COc1ccc(/C=C2\CCC[C@H]3C2=NN(C(=O)c2ccccc2Cl)[C@H]3c2ccc(OC)cc2)cc1. The first-order valence-electron chi connectivity index (χ1n) is 11.7. The first-order valence-corrected chi connectivity index (χ1v) is 12.1. The van der Waals surface area contributed by atoms with E-state index in [1.54, 1.807) is 31.4 Å². The number of carbonyl (C=O) groups is 1. The van der Waals surface area contributed by atoms with Crippen LogP contribution in [0.25, 0.3) is 6.08 Å². The summed E-state index contributed by atoms with van der Waals surface area (Å²) in [4.78, 5) is 13.7. The van der Waals surface area contributed by atoms with Crippen molar-refractivity contribution >= 4 is 29.3 Å². The quantitative estimate of drug-likeness (QED) is 0.398. The van der Waals surface area contributed by atoms with Crippen molar-refractivity contribution in [3.8, 4) is 11.5 Å². The van der Waals surface area contributed by atoms with Gasteiger partial charge in [0.1, 0.15) is 11.5 Å². The van der Waals surface area contributed by atoms with Crippen molar-refractivity contribution in [2.45, 2.75) is 25.3 Å². The highest BCUT2D eigenvalue weighted by Gasteiger charge is 2.44. The molecule has 2 aliphatic rings. The molecule has 0 N–H and O–H groups in total. The Morgan fingerprint density at radius 2 is 1.63 bits per heavy atom. The Hall–Kier alpha value is -3.57. The molecule has 1 saturated carbocycles. The van der Waals surface area contributed by atoms with Gasteiger partial charge in [-0.25, -0.2) is 5.01 Å². The Balaban J connectivity index is 1.56. The van der Waals surface area contributed by atoms with E-state index in [0.717, 1.165) is 47.6 Å². The predicted octanol–water partition coefficient (Wildman–Crippen LogP) is 6.79. The molecule has 0 radical (unpaired) electrons. The molecule has 35 heavy (non-hydrogen) atoms. The Labute approximate surface area is 210 Å². The first-order chi connectivity index (χ1) is 17.1. The van der Waals surface area contributed by atoms with E-state index in [0.29, 0.717) is 10.6 Å². The zero-order valence-electron chi connectivity index (χ0n) is 19.8. The molecule has 3 aromatic rings. The number of halogens is 1. The summed E-state index contributed by atoms with van der Waals surface area (Å²) in [5, 5.41) is 7.02. The summed E-state index contributed by atoms with van der Waals surface area (Å²) < 4.78 is 10.6. The Morgan fingerprint density at radius 3 is 2.29 bits per heavy atom. The lowest BCUT2D eigenvalue weighted by molar-refractivity contribution is 0.0681. The largest absolute Gasteiger partial charge is 0.497 e. The van der Waals surface area contributed by atoms with Crippen molar-refractivity contribution in [3.05, 3.63) is 100 Å². The van der Waals surface area contributed by atoms with Gasteiger partial charge in [0.15, 0.2) is 0 Å². The fourth-order valence-corrected chi connectivity index (χ4v) is 5.18. The Kier molecular flexibility index (Phi) is 6.60. The van der Waals surface area contributed by atoms with Crippen LogP contribution in [0.4, 0.5) is 0 Å². The molecule has 3 aromatic carbocycles. The summed E-state index contributed by atoms with van der Waals surface area (Å²) in [6, 6.07) is 22.8. The van der Waals surface area contributed by atoms with Crippen LogP contribution in [-0.2, 0) is 0 Å². The van der Waals surface area contributed by atoms with Crippen LogP contribution in [0.3, 0.4) is 0 Å². The number of hydrazone groups is 1. The van der Waals surface area contributed by atoms with E-state index in [1.165, 1.54) is 5.57 Å². The molecule has 1 amide bonds. The van der Waals surface area contributed by atoms with Crippen molar-refractivity contribution in [2.75, 3.05) is 14.2 Å². The lowest BCUT2D eigenvalue weighted by Crippen LogP contribution is -2.32. The maximum Gasteiger partial charge on any atom is 0.276 e. The minimum Gasteiger partial charge on any atom is -0.497 e. The van der Waals surface area contributed by atoms with Crippen LogP contribution >= 0.6 is 11.6 Å². The molecule has 0 bridgehead atoms. The Bertz CT molecular complexity index is 1280. The first kappa shape index (κ1) is 23.2. The summed E-state index contributed by atoms with van der Waals surface area (Å²) in [5.41, 5.74) is 4.71. The molecule has 5 nitrogen and oxygen atoms in total. The topological polar surface area (TPSA) is 51.1 Å². The molecular weight excluding hydrogens is 460 g/mol. The summed E-state index contributed by atoms with van der Waals surface area (Å²) in [6.45, 7) is 0. The zero-order valence-corrected chi connectivity index (χ0v) is 20.5. The van der Waals surface area contributed by atoms with Gasteiger partial charge in [0.05, 0.1) is 36.6 Å². The van der Waals surface area contributed by atoms with E-state index in [9.17, 15) is 4.79 Å². The fraction of sp³-hybridized carbons (Fsp3) is 0.241. The number of hydrogen-bond acceptors (Lipinski definition) is 4. The average Bonchev–Trinajstić information content (AvgIpc) is 3.30. The third-order valence-corrected chi connectivity index (χ3v) is 7.06. The molecule has 0 aromatic heterocycles. The number of fused-ring (bicyclic) bond motifs is 1. The van der Waals surface area contributed by atoms with Gasteiger partial charge < -0.3 is 9.47 Å². The molecule has 1 fully saturated rings. The normalized spacial score (nSPS) is 20.4. The second-order valence-corrected chi connectivity index (χ2v) is 9.18. The van der Waals surface area contributed by atoms with Gasteiger partial charge in [-0.15, -0.1) is 0 Å². The van der Waals surface area contributed by atoms with Gasteiger partial charge in [-0.2, -0.15) is 5.10 Å². The number of benzene rings is 3. The van der Waals surface area contributed by atoms with Crippen molar-refractivity contribution in [1.29, 1.82) is 0 Å². The van der Waals surface area contributed by atoms with Crippen LogP contribution in [0.15, 0.2) is 83.5 Å². The van der Waals surface area contributed by atoms with Gasteiger partial charge in [0, 0.05) is 5.92 Å². The highest BCUT2D eigenvalue weighted by atomic mass is 35.5.